The molecule has 4 aliphatic carbocycles. The van der Waals surface area contributed by atoms with E-state index in [0.29, 0.717) is 11.1 Å². The molecule has 4 nitrogen and oxygen atoms in total. The fourth-order valence-electron chi connectivity index (χ4n) is 5.67. The Balaban J connectivity index is 1.08. The van der Waals surface area contributed by atoms with Crippen molar-refractivity contribution in [3.8, 4) is 0 Å². The highest BCUT2D eigenvalue weighted by Gasteiger charge is 2.35. The first-order valence-electron chi connectivity index (χ1n) is 11.1. The molecular weight excluding hydrogens is 396 g/mol. The molecule has 0 N–H and O–H groups in total. The SMILES string of the molecule is O=C1C(=CC2=CC=C(N3CC4=C(C3)c3ncc5c(c3C4)C=CC5)C2)C(=O)c2ccccc21. The molecule has 7 rings (SSSR count). The van der Waals surface area contributed by atoms with E-state index in [2.05, 4.69) is 23.1 Å². The number of aromatic nitrogens is 1. The molecule has 1 aromatic carbocycles. The Hall–Kier alpha value is -3.79. The molecule has 0 atom stereocenters. The fourth-order valence-corrected chi connectivity index (χ4v) is 5.67. The lowest BCUT2D eigenvalue weighted by atomic mass is 10.0. The summed E-state index contributed by atoms with van der Waals surface area (Å²) in [5.74, 6) is -0.322. The Kier molecular flexibility index (Phi) is 3.55. The van der Waals surface area contributed by atoms with Crippen LogP contribution >= 0.6 is 0 Å². The Morgan fingerprint density at radius 2 is 1.78 bits per heavy atom. The van der Waals surface area contributed by atoms with Crippen LogP contribution in [-0.2, 0) is 12.8 Å². The number of ketones is 2. The quantitative estimate of drug-likeness (QED) is 0.535. The Morgan fingerprint density at radius 1 is 0.969 bits per heavy atom. The Bertz CT molecular complexity index is 1390. The normalized spacial score (nSPS) is 20.0. The maximum atomic E-state index is 12.7. The van der Waals surface area contributed by atoms with Gasteiger partial charge in [0.1, 0.15) is 0 Å². The molecule has 4 heteroatoms. The molecule has 0 saturated carbocycles. The third-order valence-corrected chi connectivity index (χ3v) is 7.28. The van der Waals surface area contributed by atoms with Gasteiger partial charge in [0.25, 0.3) is 0 Å². The minimum Gasteiger partial charge on any atom is -0.366 e. The summed E-state index contributed by atoms with van der Waals surface area (Å²) in [6.07, 6.45) is 15.2. The second-order valence-corrected chi connectivity index (χ2v) is 9.08. The molecule has 2 aromatic rings. The minimum atomic E-state index is -0.161. The molecule has 0 bridgehead atoms. The Labute approximate surface area is 186 Å². The van der Waals surface area contributed by atoms with Crippen LogP contribution < -0.4 is 0 Å². The standard InChI is InChI=1S/C28H20N2O2/c31-27-21-5-1-2-6-22(21)28(32)24(27)11-16-8-9-19(10-16)30-14-18-12-23-20-7-3-4-17(20)13-29-26(23)25(18)15-30/h1-3,5-9,11,13H,4,10,12,14-15H2. The number of hydrogen-bond donors (Lipinski definition) is 0. The average molecular weight is 416 g/mol. The highest BCUT2D eigenvalue weighted by molar-refractivity contribution is 6.39. The highest BCUT2D eigenvalue weighted by Crippen LogP contribution is 2.42. The molecule has 0 saturated heterocycles. The van der Waals surface area contributed by atoms with E-state index in [1.54, 1.807) is 30.3 Å². The number of allylic oxidation sites excluding steroid dienone is 6. The van der Waals surface area contributed by atoms with Gasteiger partial charge in [-0.05, 0) is 58.4 Å². The zero-order chi connectivity index (χ0) is 21.4. The average Bonchev–Trinajstić information content (AvgIpc) is 3.60. The summed E-state index contributed by atoms with van der Waals surface area (Å²) in [5, 5.41) is 0. The van der Waals surface area contributed by atoms with Crippen molar-refractivity contribution >= 4 is 23.2 Å². The zero-order valence-electron chi connectivity index (χ0n) is 17.5. The molecule has 2 heterocycles. The van der Waals surface area contributed by atoms with E-state index >= 15 is 0 Å². The first-order valence-corrected chi connectivity index (χ1v) is 11.1. The molecule has 1 aliphatic heterocycles. The fraction of sp³-hybridized carbons (Fsp3) is 0.179. The summed E-state index contributed by atoms with van der Waals surface area (Å²) in [4.78, 5) is 32.6. The lowest BCUT2D eigenvalue weighted by Crippen LogP contribution is -2.22. The van der Waals surface area contributed by atoms with Crippen molar-refractivity contribution in [2.75, 3.05) is 13.1 Å². The van der Waals surface area contributed by atoms with Crippen molar-refractivity contribution in [3.05, 3.63) is 111 Å². The smallest absolute Gasteiger partial charge is 0.197 e. The summed E-state index contributed by atoms with van der Waals surface area (Å²) in [6.45, 7) is 1.81. The van der Waals surface area contributed by atoms with E-state index in [0.717, 1.165) is 37.9 Å². The van der Waals surface area contributed by atoms with Crippen LogP contribution in [0.25, 0.3) is 11.6 Å². The van der Waals surface area contributed by atoms with Gasteiger partial charge >= 0.3 is 0 Å². The van der Waals surface area contributed by atoms with Gasteiger partial charge < -0.3 is 4.90 Å². The van der Waals surface area contributed by atoms with E-state index in [4.69, 9.17) is 4.98 Å². The maximum absolute atomic E-state index is 12.7. The second-order valence-electron chi connectivity index (χ2n) is 9.08. The van der Waals surface area contributed by atoms with Crippen LogP contribution in [0.15, 0.2) is 77.2 Å². The van der Waals surface area contributed by atoms with E-state index in [-0.39, 0.29) is 17.1 Å². The van der Waals surface area contributed by atoms with Crippen LogP contribution in [-0.4, -0.2) is 34.5 Å². The molecule has 0 spiro atoms. The number of nitrogens with zero attached hydrogens (tertiary/aromatic N) is 2. The molecule has 0 unspecified atom stereocenters. The van der Waals surface area contributed by atoms with Crippen LogP contribution in [0.3, 0.4) is 0 Å². The molecule has 1 aromatic heterocycles. The number of pyridine rings is 1. The predicted octanol–water partition coefficient (Wildman–Crippen LogP) is 4.50. The van der Waals surface area contributed by atoms with Gasteiger partial charge in [-0.3, -0.25) is 14.6 Å². The topological polar surface area (TPSA) is 50.3 Å². The lowest BCUT2D eigenvalue weighted by molar-refractivity contribution is 0.0988. The summed E-state index contributed by atoms with van der Waals surface area (Å²) in [7, 11) is 0. The highest BCUT2D eigenvalue weighted by atomic mass is 16.2. The van der Waals surface area contributed by atoms with Crippen LogP contribution in [0.4, 0.5) is 0 Å². The zero-order valence-corrected chi connectivity index (χ0v) is 17.5. The number of benzene rings is 1. The number of carbonyl (C=O) groups excluding carboxylic acids is 2. The van der Waals surface area contributed by atoms with Gasteiger partial charge in [0.05, 0.1) is 11.3 Å². The summed E-state index contributed by atoms with van der Waals surface area (Å²) in [6, 6.07) is 7.08. The van der Waals surface area contributed by atoms with E-state index < -0.39 is 0 Å². The summed E-state index contributed by atoms with van der Waals surface area (Å²) in [5.41, 5.74) is 11.8. The molecule has 5 aliphatic rings. The number of Topliss-reactive ketones (excluding diaryl/α,β-unsaturated/α-hetero) is 2. The van der Waals surface area contributed by atoms with Crippen molar-refractivity contribution < 1.29 is 9.59 Å². The van der Waals surface area contributed by atoms with Crippen LogP contribution in [0.1, 0.15) is 49.5 Å². The third kappa shape index (κ3) is 2.41. The van der Waals surface area contributed by atoms with E-state index in [1.807, 2.05) is 12.3 Å². The van der Waals surface area contributed by atoms with Gasteiger partial charge in [0, 0.05) is 42.5 Å². The van der Waals surface area contributed by atoms with Crippen molar-refractivity contribution in [2.45, 2.75) is 19.3 Å². The lowest BCUT2D eigenvalue weighted by Gasteiger charge is -2.22. The van der Waals surface area contributed by atoms with Crippen LogP contribution in [0, 0.1) is 0 Å². The molecular formula is C28H20N2O2. The van der Waals surface area contributed by atoms with E-state index in [1.165, 1.54) is 39.2 Å². The van der Waals surface area contributed by atoms with E-state index in [9.17, 15) is 9.59 Å². The first-order chi connectivity index (χ1) is 15.7. The second kappa shape index (κ2) is 6.36. The molecule has 0 amide bonds. The predicted molar refractivity (Wildman–Crippen MR) is 123 cm³/mol. The summed E-state index contributed by atoms with van der Waals surface area (Å²) >= 11 is 0. The van der Waals surface area contributed by atoms with Gasteiger partial charge in [0.15, 0.2) is 11.6 Å². The third-order valence-electron chi connectivity index (χ3n) is 7.28. The van der Waals surface area contributed by atoms with Gasteiger partial charge in [-0.2, -0.15) is 0 Å². The van der Waals surface area contributed by atoms with Gasteiger partial charge in [-0.25, -0.2) is 0 Å². The van der Waals surface area contributed by atoms with Crippen molar-refractivity contribution in [1.29, 1.82) is 0 Å². The largest absolute Gasteiger partial charge is 0.366 e. The summed E-state index contributed by atoms with van der Waals surface area (Å²) < 4.78 is 0. The number of carbonyl (C=O) groups is 2. The molecule has 0 radical (unpaired) electrons. The van der Waals surface area contributed by atoms with Gasteiger partial charge in [0.2, 0.25) is 0 Å². The van der Waals surface area contributed by atoms with Crippen LogP contribution in [0.2, 0.25) is 0 Å². The molecule has 154 valence electrons. The van der Waals surface area contributed by atoms with Gasteiger partial charge in [-0.1, -0.05) is 42.5 Å². The first kappa shape index (κ1) is 17.8. The van der Waals surface area contributed by atoms with Crippen molar-refractivity contribution in [2.24, 2.45) is 0 Å². The number of hydrogen-bond acceptors (Lipinski definition) is 4. The van der Waals surface area contributed by atoms with Crippen LogP contribution in [0.5, 0.6) is 0 Å². The maximum Gasteiger partial charge on any atom is 0.197 e. The monoisotopic (exact) mass is 416 g/mol. The van der Waals surface area contributed by atoms with Gasteiger partial charge in [-0.15, -0.1) is 0 Å². The number of fused-ring (bicyclic) bond motifs is 5. The number of rotatable bonds is 2. The van der Waals surface area contributed by atoms with Crippen molar-refractivity contribution in [1.82, 2.24) is 9.88 Å². The molecule has 0 fully saturated rings. The molecule has 32 heavy (non-hydrogen) atoms. The van der Waals surface area contributed by atoms with Crippen molar-refractivity contribution in [3.63, 3.8) is 0 Å². The Morgan fingerprint density at radius 3 is 2.59 bits per heavy atom. The minimum absolute atomic E-state index is 0.161.